The lowest BCUT2D eigenvalue weighted by Crippen LogP contribution is -2.36. The summed E-state index contributed by atoms with van der Waals surface area (Å²) in [5.41, 5.74) is 9.26. The zero-order valence-corrected chi connectivity index (χ0v) is 17.6. The summed E-state index contributed by atoms with van der Waals surface area (Å²) in [4.78, 5) is 19.1. The highest BCUT2D eigenvalue weighted by atomic mass is 15.0. The van der Waals surface area contributed by atoms with E-state index in [4.69, 9.17) is 15.0 Å². The largest absolute Gasteiger partial charge is 0.249 e. The molecular formula is C27H20N5+. The Kier molecular flexibility index (Phi) is 4.32. The van der Waals surface area contributed by atoms with Crippen LogP contribution in [-0.4, -0.2) is 22.8 Å². The van der Waals surface area contributed by atoms with Gasteiger partial charge in [0.2, 0.25) is 5.69 Å². The second-order valence-corrected chi connectivity index (χ2v) is 7.81. The van der Waals surface area contributed by atoms with Gasteiger partial charge in [-0.25, -0.2) is 20.0 Å². The topological polar surface area (TPSA) is 53.3 Å². The number of allylic oxidation sites excluding steroid dienone is 12. The van der Waals surface area contributed by atoms with E-state index in [2.05, 4.69) is 47.0 Å². The van der Waals surface area contributed by atoms with Gasteiger partial charge in [-0.05, 0) is 79.8 Å². The predicted octanol–water partition coefficient (Wildman–Crippen LogP) is 4.41. The fourth-order valence-corrected chi connectivity index (χ4v) is 4.10. The molecule has 6 heterocycles. The Morgan fingerprint density at radius 3 is 1.84 bits per heavy atom. The van der Waals surface area contributed by atoms with E-state index < -0.39 is 0 Å². The van der Waals surface area contributed by atoms with Crippen molar-refractivity contribution >= 4 is 28.4 Å². The van der Waals surface area contributed by atoms with Crippen LogP contribution in [0.3, 0.4) is 0 Å². The molecule has 0 fully saturated rings. The Morgan fingerprint density at radius 2 is 1.22 bits per heavy atom. The molecule has 0 saturated heterocycles. The normalized spacial score (nSPS) is 20.2. The maximum Gasteiger partial charge on any atom is 0.214 e. The van der Waals surface area contributed by atoms with Gasteiger partial charge in [-0.15, -0.1) is 0 Å². The number of rotatable bonds is 2. The fraction of sp³-hybridized carbons (Fsp3) is 0.0741. The third-order valence-electron chi connectivity index (χ3n) is 5.60. The first-order chi connectivity index (χ1) is 15.7. The molecule has 5 aliphatic heterocycles. The number of nitrogens with zero attached hydrogens (tertiary/aromatic N) is 5. The highest BCUT2D eigenvalue weighted by molar-refractivity contribution is 6.32. The number of hydrogen-bond acceptors (Lipinski definition) is 4. The summed E-state index contributed by atoms with van der Waals surface area (Å²) in [7, 11) is 0. The first-order valence-corrected chi connectivity index (χ1v) is 10.7. The number of aryl methyl sites for hydroxylation is 1. The Bertz CT molecular complexity index is 1430. The molecule has 1 aromatic rings. The van der Waals surface area contributed by atoms with Gasteiger partial charge in [0.25, 0.3) is 0 Å². The van der Waals surface area contributed by atoms with Crippen molar-refractivity contribution < 1.29 is 4.57 Å². The van der Waals surface area contributed by atoms with Crippen LogP contribution < -0.4 is 4.57 Å². The molecule has 0 N–H and O–H groups in total. The van der Waals surface area contributed by atoms with Crippen LogP contribution in [0.2, 0.25) is 0 Å². The van der Waals surface area contributed by atoms with Gasteiger partial charge in [-0.1, -0.05) is 0 Å². The first-order valence-electron chi connectivity index (χ1n) is 10.7. The molecule has 0 atom stereocenters. The van der Waals surface area contributed by atoms with Gasteiger partial charge in [0.15, 0.2) is 6.20 Å². The minimum atomic E-state index is 0.875. The summed E-state index contributed by atoms with van der Waals surface area (Å²) in [5, 5.41) is 0. The first kappa shape index (κ1) is 18.5. The van der Waals surface area contributed by atoms with E-state index in [-0.39, 0.29) is 0 Å². The molecule has 5 nitrogen and oxygen atoms in total. The van der Waals surface area contributed by atoms with E-state index in [0.29, 0.717) is 0 Å². The van der Waals surface area contributed by atoms with Crippen LogP contribution in [0.4, 0.5) is 0 Å². The molecule has 0 saturated carbocycles. The van der Waals surface area contributed by atoms with Crippen molar-refractivity contribution in [2.24, 2.45) is 20.0 Å². The van der Waals surface area contributed by atoms with E-state index >= 15 is 0 Å². The standard InChI is InChI=1S/C27H20N5/c1-2-32-12-4-3-5-27(32)25-16-24-15-22-9-8-20(29-22)13-18-6-7-19(28-18)14-21-10-11-23(30-21)17-26(25)31-24/h3-17H,2H2,1H3/q+1. The van der Waals surface area contributed by atoms with Gasteiger partial charge in [0, 0.05) is 12.1 Å². The molecule has 6 rings (SSSR count). The van der Waals surface area contributed by atoms with E-state index in [0.717, 1.165) is 63.4 Å². The molecule has 0 radical (unpaired) electrons. The molecule has 5 heteroatoms. The molecule has 32 heavy (non-hydrogen) atoms. The Balaban J connectivity index is 1.52. The van der Waals surface area contributed by atoms with Crippen molar-refractivity contribution in [1.29, 1.82) is 0 Å². The van der Waals surface area contributed by atoms with Crippen molar-refractivity contribution in [2.75, 3.05) is 0 Å². The van der Waals surface area contributed by atoms with E-state index in [1.165, 1.54) is 0 Å². The molecule has 5 aliphatic rings. The Labute approximate surface area is 186 Å². The molecule has 0 aromatic carbocycles. The molecule has 1 aromatic heterocycles. The molecule has 0 unspecified atom stereocenters. The summed E-state index contributed by atoms with van der Waals surface area (Å²) in [6.45, 7) is 3.03. The zero-order chi connectivity index (χ0) is 21.5. The van der Waals surface area contributed by atoms with Crippen LogP contribution >= 0.6 is 0 Å². The van der Waals surface area contributed by atoms with Crippen molar-refractivity contribution in [1.82, 2.24) is 0 Å². The molecule has 0 spiro atoms. The lowest BCUT2D eigenvalue weighted by atomic mass is 10.1. The van der Waals surface area contributed by atoms with Gasteiger partial charge in [-0.3, -0.25) is 0 Å². The van der Waals surface area contributed by atoms with Crippen LogP contribution in [-0.2, 0) is 6.54 Å². The van der Waals surface area contributed by atoms with E-state index in [9.17, 15) is 0 Å². The minimum Gasteiger partial charge on any atom is -0.249 e. The molecule has 8 bridgehead atoms. The number of pyridine rings is 1. The van der Waals surface area contributed by atoms with E-state index in [1.54, 1.807) is 0 Å². The second kappa shape index (κ2) is 7.46. The van der Waals surface area contributed by atoms with Gasteiger partial charge in [-0.2, -0.15) is 4.57 Å². The summed E-state index contributed by atoms with van der Waals surface area (Å²) < 4.78 is 2.23. The molecule has 0 amide bonds. The quantitative estimate of drug-likeness (QED) is 0.644. The van der Waals surface area contributed by atoms with Gasteiger partial charge in [0.1, 0.15) is 6.54 Å². The fourth-order valence-electron chi connectivity index (χ4n) is 4.10. The monoisotopic (exact) mass is 414 g/mol. The number of fused-ring (bicyclic) bond motifs is 4. The Morgan fingerprint density at radius 1 is 0.625 bits per heavy atom. The van der Waals surface area contributed by atoms with Crippen molar-refractivity contribution in [2.45, 2.75) is 13.5 Å². The molecule has 0 aliphatic carbocycles. The highest BCUT2D eigenvalue weighted by Gasteiger charge is 2.24. The minimum absolute atomic E-state index is 0.875. The average Bonchev–Trinajstić information content (AvgIpc) is 3.59. The third kappa shape index (κ3) is 3.44. The number of hydrogen-bond donors (Lipinski definition) is 0. The van der Waals surface area contributed by atoms with Gasteiger partial charge in [0.05, 0.1) is 51.2 Å². The van der Waals surface area contributed by atoms with Crippen LogP contribution in [0.5, 0.6) is 0 Å². The lowest BCUT2D eigenvalue weighted by Gasteiger charge is -2.03. The SMILES string of the molecule is CC[n+]1ccccc1C1=CC2=CC3=NC(=CC4=NC(=CC5=NC(=CC1=N2)C=C5)C=C4)C=C3. The van der Waals surface area contributed by atoms with Crippen LogP contribution in [0, 0.1) is 0 Å². The number of aliphatic imine (C=N–C) groups is 4. The van der Waals surface area contributed by atoms with Gasteiger partial charge >= 0.3 is 0 Å². The van der Waals surface area contributed by atoms with E-state index in [1.807, 2.05) is 60.8 Å². The predicted molar refractivity (Wildman–Crippen MR) is 130 cm³/mol. The van der Waals surface area contributed by atoms with Crippen LogP contribution in [0.15, 0.2) is 134 Å². The summed E-state index contributed by atoms with van der Waals surface area (Å²) >= 11 is 0. The Hall–Kier alpha value is -4.25. The lowest BCUT2D eigenvalue weighted by molar-refractivity contribution is -0.695. The second-order valence-electron chi connectivity index (χ2n) is 7.81. The van der Waals surface area contributed by atoms with Gasteiger partial charge < -0.3 is 0 Å². The van der Waals surface area contributed by atoms with Crippen molar-refractivity contribution in [3.63, 3.8) is 0 Å². The van der Waals surface area contributed by atoms with Crippen molar-refractivity contribution in [3.8, 4) is 0 Å². The smallest absolute Gasteiger partial charge is 0.214 e. The van der Waals surface area contributed by atoms with Crippen molar-refractivity contribution in [3.05, 3.63) is 120 Å². The molecular weight excluding hydrogens is 394 g/mol. The average molecular weight is 414 g/mol. The highest BCUT2D eigenvalue weighted by Crippen LogP contribution is 2.27. The summed E-state index contributed by atoms with van der Waals surface area (Å²) in [5.74, 6) is 0. The third-order valence-corrected chi connectivity index (χ3v) is 5.60. The summed E-state index contributed by atoms with van der Waals surface area (Å²) in [6.07, 6.45) is 24.3. The zero-order valence-electron chi connectivity index (χ0n) is 17.6. The van der Waals surface area contributed by atoms with Crippen LogP contribution in [0.1, 0.15) is 12.6 Å². The maximum absolute atomic E-state index is 4.93. The molecule has 152 valence electrons. The maximum atomic E-state index is 4.93. The summed E-state index contributed by atoms with van der Waals surface area (Å²) in [6, 6.07) is 6.25. The number of aromatic nitrogens is 1. The van der Waals surface area contributed by atoms with Crippen LogP contribution in [0.25, 0.3) is 5.57 Å².